The molecule has 0 bridgehead atoms. The molecule has 0 unspecified atom stereocenters. The van der Waals surface area contributed by atoms with Crippen molar-refractivity contribution in [3.63, 3.8) is 0 Å². The molecule has 0 aliphatic heterocycles. The number of hydrogen-bond donors (Lipinski definition) is 0. The molecule has 0 aliphatic carbocycles. The van der Waals surface area contributed by atoms with E-state index in [-0.39, 0.29) is 0 Å². The molecule has 0 radical (unpaired) electrons. The predicted molar refractivity (Wildman–Crippen MR) is 72.5 cm³/mol. The summed E-state index contributed by atoms with van der Waals surface area (Å²) < 4.78 is 10.2. The van der Waals surface area contributed by atoms with Gasteiger partial charge in [-0.15, -0.1) is 0 Å². The van der Waals surface area contributed by atoms with E-state index in [4.69, 9.17) is 9.47 Å². The van der Waals surface area contributed by atoms with Gasteiger partial charge in [0, 0.05) is 13.5 Å². The van der Waals surface area contributed by atoms with Gasteiger partial charge in [-0.3, -0.25) is 9.69 Å². The highest BCUT2D eigenvalue weighted by Crippen LogP contribution is 2.32. The summed E-state index contributed by atoms with van der Waals surface area (Å²) >= 11 is 0. The first-order valence-electron chi connectivity index (χ1n) is 6.23. The Hall–Kier alpha value is -2.04. The fraction of sp³-hybridized carbons (Fsp3) is 0.429. The van der Waals surface area contributed by atoms with Crippen LogP contribution in [0.15, 0.2) is 18.2 Å². The lowest BCUT2D eigenvalue weighted by molar-refractivity contribution is -0.131. The Balaban J connectivity index is 3.19. The van der Waals surface area contributed by atoms with E-state index in [2.05, 4.69) is 0 Å². The second-order valence-corrected chi connectivity index (χ2v) is 3.96. The maximum atomic E-state index is 11.9. The number of benzene rings is 1. The van der Waals surface area contributed by atoms with E-state index in [1.807, 2.05) is 19.9 Å². The van der Waals surface area contributed by atoms with Crippen molar-refractivity contribution in [3.8, 4) is 5.75 Å². The monoisotopic (exact) mass is 265 g/mol. The average Bonchev–Trinajstić information content (AvgIpc) is 2.34. The summed E-state index contributed by atoms with van der Waals surface area (Å²) in [5, 5.41) is 0. The topological polar surface area (TPSA) is 55.8 Å². The summed E-state index contributed by atoms with van der Waals surface area (Å²) in [6.07, 6.45) is -0.455. The van der Waals surface area contributed by atoms with Gasteiger partial charge in [-0.05, 0) is 32.4 Å². The highest BCUT2D eigenvalue weighted by Gasteiger charge is 2.21. The Morgan fingerprint density at radius 1 is 1.26 bits per heavy atom. The van der Waals surface area contributed by atoms with E-state index in [1.165, 1.54) is 11.8 Å². The number of carbonyl (C=O) groups is 2. The van der Waals surface area contributed by atoms with Crippen molar-refractivity contribution in [2.24, 2.45) is 0 Å². The number of nitrogens with zero attached hydrogens (tertiary/aromatic N) is 1. The normalized spacial score (nSPS) is 9.89. The summed E-state index contributed by atoms with van der Waals surface area (Å²) in [4.78, 5) is 24.5. The number of ether oxygens (including phenoxy) is 2. The first kappa shape index (κ1) is 15.0. The lowest BCUT2D eigenvalue weighted by Gasteiger charge is -2.23. The molecule has 5 heteroatoms. The zero-order valence-corrected chi connectivity index (χ0v) is 11.7. The lowest BCUT2D eigenvalue weighted by Crippen LogP contribution is -2.32. The van der Waals surface area contributed by atoms with Gasteiger partial charge in [0.05, 0.1) is 12.3 Å². The number of rotatable bonds is 4. The number of hydrogen-bond acceptors (Lipinski definition) is 4. The molecule has 1 amide bonds. The number of para-hydroxylation sites is 1. The van der Waals surface area contributed by atoms with E-state index in [0.717, 1.165) is 5.56 Å². The van der Waals surface area contributed by atoms with Crippen LogP contribution < -0.4 is 9.64 Å². The van der Waals surface area contributed by atoms with Gasteiger partial charge in [0.1, 0.15) is 0 Å². The van der Waals surface area contributed by atoms with Gasteiger partial charge >= 0.3 is 12.1 Å². The quantitative estimate of drug-likeness (QED) is 0.620. The Morgan fingerprint density at radius 3 is 2.47 bits per heavy atom. The van der Waals surface area contributed by atoms with Crippen molar-refractivity contribution >= 4 is 17.7 Å². The minimum absolute atomic E-state index is 0.296. The molecule has 104 valence electrons. The second-order valence-electron chi connectivity index (χ2n) is 3.96. The molecule has 1 aromatic rings. The molecule has 0 aromatic heterocycles. The average molecular weight is 265 g/mol. The molecule has 5 nitrogen and oxygen atoms in total. The highest BCUT2D eigenvalue weighted by molar-refractivity contribution is 5.90. The van der Waals surface area contributed by atoms with Crippen LogP contribution in [0.4, 0.5) is 10.5 Å². The molecular weight excluding hydrogens is 246 g/mol. The Kier molecular flexibility index (Phi) is 5.36. The van der Waals surface area contributed by atoms with E-state index in [0.29, 0.717) is 24.6 Å². The molecule has 0 saturated carbocycles. The van der Waals surface area contributed by atoms with E-state index < -0.39 is 12.1 Å². The van der Waals surface area contributed by atoms with Crippen LogP contribution in [0.2, 0.25) is 0 Å². The van der Waals surface area contributed by atoms with Gasteiger partial charge in [0.2, 0.25) is 0 Å². The van der Waals surface area contributed by atoms with Crippen LogP contribution in [0.3, 0.4) is 0 Å². The highest BCUT2D eigenvalue weighted by atomic mass is 16.6. The minimum atomic E-state index is -0.455. The third-order valence-electron chi connectivity index (χ3n) is 2.53. The zero-order chi connectivity index (χ0) is 14.4. The Bertz CT molecular complexity index is 471. The van der Waals surface area contributed by atoms with Crippen molar-refractivity contribution in [1.82, 2.24) is 0 Å². The van der Waals surface area contributed by atoms with Crippen LogP contribution in [0.25, 0.3) is 0 Å². The van der Waals surface area contributed by atoms with E-state index >= 15 is 0 Å². The van der Waals surface area contributed by atoms with Crippen LogP contribution >= 0.6 is 0 Å². The van der Waals surface area contributed by atoms with Gasteiger partial charge in [-0.25, -0.2) is 4.79 Å². The van der Waals surface area contributed by atoms with Gasteiger partial charge in [-0.1, -0.05) is 12.1 Å². The molecule has 0 fully saturated rings. The molecule has 0 saturated heterocycles. The van der Waals surface area contributed by atoms with Crippen molar-refractivity contribution in [1.29, 1.82) is 0 Å². The van der Waals surface area contributed by atoms with Crippen LogP contribution in [0.1, 0.15) is 26.3 Å². The molecule has 0 aliphatic rings. The molecule has 19 heavy (non-hydrogen) atoms. The lowest BCUT2D eigenvalue weighted by atomic mass is 10.2. The van der Waals surface area contributed by atoms with Crippen LogP contribution in [0.5, 0.6) is 5.75 Å². The number of esters is 1. The van der Waals surface area contributed by atoms with Crippen molar-refractivity contribution < 1.29 is 19.1 Å². The fourth-order valence-electron chi connectivity index (χ4n) is 1.73. The summed E-state index contributed by atoms with van der Waals surface area (Å²) in [5.41, 5.74) is 1.33. The molecule has 1 aromatic carbocycles. The third-order valence-corrected chi connectivity index (χ3v) is 2.53. The van der Waals surface area contributed by atoms with Crippen LogP contribution in [0, 0.1) is 6.92 Å². The van der Waals surface area contributed by atoms with Gasteiger partial charge in [0.25, 0.3) is 0 Å². The summed E-state index contributed by atoms with van der Waals surface area (Å²) in [7, 11) is 0. The van der Waals surface area contributed by atoms with Crippen LogP contribution in [-0.4, -0.2) is 25.2 Å². The molecular formula is C14H19NO4. The second kappa shape index (κ2) is 6.78. The molecule has 0 heterocycles. The summed E-state index contributed by atoms with van der Waals surface area (Å²) in [6.45, 7) is 7.45. The number of aryl methyl sites for hydroxylation is 1. The molecule has 0 spiro atoms. The Morgan fingerprint density at radius 2 is 1.95 bits per heavy atom. The first-order chi connectivity index (χ1) is 9.01. The van der Waals surface area contributed by atoms with Gasteiger partial charge in [-0.2, -0.15) is 0 Å². The minimum Gasteiger partial charge on any atom is -0.449 e. The number of amides is 1. The fourth-order valence-corrected chi connectivity index (χ4v) is 1.73. The van der Waals surface area contributed by atoms with Crippen LogP contribution in [-0.2, 0) is 9.53 Å². The van der Waals surface area contributed by atoms with Crippen molar-refractivity contribution in [2.45, 2.75) is 27.7 Å². The third kappa shape index (κ3) is 3.71. The standard InChI is InChI=1S/C14H19NO4/c1-5-15(14(17)18-6-2)12-9-7-8-10(3)13(12)19-11(4)16/h7-9H,5-6H2,1-4H3. The van der Waals surface area contributed by atoms with Crippen molar-refractivity contribution in [3.05, 3.63) is 23.8 Å². The zero-order valence-electron chi connectivity index (χ0n) is 11.7. The smallest absolute Gasteiger partial charge is 0.414 e. The number of anilines is 1. The summed E-state index contributed by atoms with van der Waals surface area (Å²) in [5.74, 6) is -0.0274. The summed E-state index contributed by atoms with van der Waals surface area (Å²) in [6, 6.07) is 5.35. The molecule has 0 atom stereocenters. The van der Waals surface area contributed by atoms with E-state index in [9.17, 15) is 9.59 Å². The van der Waals surface area contributed by atoms with E-state index in [1.54, 1.807) is 19.1 Å². The van der Waals surface area contributed by atoms with Gasteiger partial charge < -0.3 is 9.47 Å². The molecule has 0 N–H and O–H groups in total. The van der Waals surface area contributed by atoms with Gasteiger partial charge in [0.15, 0.2) is 5.75 Å². The molecule has 1 rings (SSSR count). The maximum absolute atomic E-state index is 11.9. The number of carbonyl (C=O) groups excluding carboxylic acids is 2. The Labute approximate surface area is 113 Å². The largest absolute Gasteiger partial charge is 0.449 e. The maximum Gasteiger partial charge on any atom is 0.414 e. The SMILES string of the molecule is CCOC(=O)N(CC)c1cccc(C)c1OC(C)=O. The van der Waals surface area contributed by atoms with Crippen molar-refractivity contribution in [2.75, 3.05) is 18.1 Å². The predicted octanol–water partition coefficient (Wildman–Crippen LogP) is 2.90. The first-order valence-corrected chi connectivity index (χ1v) is 6.23.